The maximum atomic E-state index is 6.53. The second-order valence-electron chi connectivity index (χ2n) is 7.01. The van der Waals surface area contributed by atoms with Gasteiger partial charge in [0.2, 0.25) is 5.88 Å². The molecule has 0 N–H and O–H groups in total. The molecule has 0 amide bonds. The minimum absolute atomic E-state index is 0.129. The summed E-state index contributed by atoms with van der Waals surface area (Å²) in [5, 5.41) is 0.323. The van der Waals surface area contributed by atoms with Gasteiger partial charge >= 0.3 is 0 Å². The predicted octanol–water partition coefficient (Wildman–Crippen LogP) is 4.79. The predicted molar refractivity (Wildman–Crippen MR) is 108 cm³/mol. The zero-order chi connectivity index (χ0) is 19.7. The summed E-state index contributed by atoms with van der Waals surface area (Å²) in [6.07, 6.45) is 2.03. The fraction of sp³-hybridized carbons (Fsp3) is 0.450. The van der Waals surface area contributed by atoms with Gasteiger partial charge in [-0.25, -0.2) is 15.0 Å². The molecule has 3 aromatic heterocycles. The normalized spacial score (nSPS) is 12.7. The summed E-state index contributed by atoms with van der Waals surface area (Å²) in [6.45, 7) is 8.85. The van der Waals surface area contributed by atoms with Crippen LogP contribution in [-0.4, -0.2) is 40.3 Å². The van der Waals surface area contributed by atoms with Crippen molar-refractivity contribution in [1.82, 2.24) is 19.5 Å². The lowest BCUT2D eigenvalue weighted by molar-refractivity contribution is 0.163. The number of aromatic nitrogens is 4. The van der Waals surface area contributed by atoms with Crippen LogP contribution >= 0.6 is 11.6 Å². The molecular weight excluding hydrogens is 364 g/mol. The Morgan fingerprint density at radius 1 is 1.11 bits per heavy atom. The highest BCUT2D eigenvalue weighted by Crippen LogP contribution is 2.35. The molecule has 0 saturated heterocycles. The molecule has 0 saturated carbocycles. The molecule has 7 heteroatoms. The third kappa shape index (κ3) is 3.64. The van der Waals surface area contributed by atoms with Crippen LogP contribution in [-0.2, 0) is 4.74 Å². The fourth-order valence-electron chi connectivity index (χ4n) is 3.12. The van der Waals surface area contributed by atoms with E-state index in [1.807, 2.05) is 29.8 Å². The molecule has 6 nitrogen and oxygen atoms in total. The van der Waals surface area contributed by atoms with Crippen LogP contribution in [0.2, 0.25) is 5.15 Å². The van der Waals surface area contributed by atoms with E-state index in [0.717, 1.165) is 28.0 Å². The number of halogens is 1. The monoisotopic (exact) mass is 388 g/mol. The Morgan fingerprint density at radius 3 is 2.48 bits per heavy atom. The highest BCUT2D eigenvalue weighted by atomic mass is 35.5. The molecular formula is C20H25ClN4O2. The summed E-state index contributed by atoms with van der Waals surface area (Å²) >= 11 is 6.53. The van der Waals surface area contributed by atoms with E-state index in [9.17, 15) is 0 Å². The minimum Gasteiger partial charge on any atom is -0.480 e. The van der Waals surface area contributed by atoms with Crippen LogP contribution in [0.4, 0.5) is 0 Å². The van der Waals surface area contributed by atoms with Crippen LogP contribution in [0.25, 0.3) is 22.4 Å². The van der Waals surface area contributed by atoms with Crippen LogP contribution in [0, 0.1) is 6.92 Å². The summed E-state index contributed by atoms with van der Waals surface area (Å²) < 4.78 is 12.8. The lowest BCUT2D eigenvalue weighted by Crippen LogP contribution is -2.10. The third-order valence-corrected chi connectivity index (χ3v) is 4.85. The first-order valence-electron chi connectivity index (χ1n) is 8.96. The first-order chi connectivity index (χ1) is 12.9. The summed E-state index contributed by atoms with van der Waals surface area (Å²) in [5.41, 5.74) is 4.85. The molecule has 1 atom stereocenters. The Bertz CT molecular complexity index is 968. The van der Waals surface area contributed by atoms with Crippen molar-refractivity contribution in [3.8, 4) is 17.1 Å². The van der Waals surface area contributed by atoms with E-state index in [0.29, 0.717) is 29.3 Å². The molecule has 0 aliphatic rings. The Kier molecular flexibility index (Phi) is 5.67. The van der Waals surface area contributed by atoms with E-state index in [1.54, 1.807) is 14.2 Å². The second-order valence-corrected chi connectivity index (χ2v) is 7.36. The van der Waals surface area contributed by atoms with E-state index in [-0.39, 0.29) is 6.04 Å². The smallest absolute Gasteiger partial charge is 0.223 e. The largest absolute Gasteiger partial charge is 0.480 e. The maximum Gasteiger partial charge on any atom is 0.223 e. The lowest BCUT2D eigenvalue weighted by atomic mass is 10.1. The molecule has 0 bridgehead atoms. The molecule has 3 aromatic rings. The number of hydrogen-bond acceptors (Lipinski definition) is 5. The van der Waals surface area contributed by atoms with Crippen molar-refractivity contribution in [2.45, 2.75) is 39.7 Å². The fourth-order valence-corrected chi connectivity index (χ4v) is 3.35. The highest BCUT2D eigenvalue weighted by Gasteiger charge is 2.20. The summed E-state index contributed by atoms with van der Waals surface area (Å²) in [6, 6.07) is 4.05. The molecule has 3 rings (SSSR count). The topological polar surface area (TPSA) is 62.1 Å². The zero-order valence-electron chi connectivity index (χ0n) is 16.6. The molecule has 0 aliphatic carbocycles. The standard InChI is InChI=1S/C20H25ClN4O2/c1-11(2)15-8-7-14(20(22-15)27-6)17-18(21)24-19-16(23-17)12(3)9-25(19)13(4)10-26-5/h7-9,11,13H,10H2,1-6H3/t13-/m0/s1. The third-order valence-electron chi connectivity index (χ3n) is 4.59. The number of nitrogens with zero attached hydrogens (tertiary/aromatic N) is 4. The van der Waals surface area contributed by atoms with Crippen molar-refractivity contribution >= 4 is 22.8 Å². The van der Waals surface area contributed by atoms with E-state index in [1.165, 1.54) is 0 Å². The van der Waals surface area contributed by atoms with E-state index in [4.69, 9.17) is 26.1 Å². The molecule has 0 aromatic carbocycles. The first kappa shape index (κ1) is 19.6. The van der Waals surface area contributed by atoms with E-state index < -0.39 is 0 Å². The van der Waals surface area contributed by atoms with Gasteiger partial charge in [0, 0.05) is 19.0 Å². The van der Waals surface area contributed by atoms with Crippen molar-refractivity contribution in [3.05, 3.63) is 34.7 Å². The van der Waals surface area contributed by atoms with Gasteiger partial charge in [0.05, 0.1) is 25.3 Å². The number of aryl methyl sites for hydroxylation is 1. The number of methoxy groups -OCH3 is 2. The first-order valence-corrected chi connectivity index (χ1v) is 9.34. The zero-order valence-corrected chi connectivity index (χ0v) is 17.3. The second kappa shape index (κ2) is 7.82. The van der Waals surface area contributed by atoms with Gasteiger partial charge in [-0.3, -0.25) is 0 Å². The van der Waals surface area contributed by atoms with Gasteiger partial charge in [0.25, 0.3) is 0 Å². The Morgan fingerprint density at radius 2 is 1.85 bits per heavy atom. The van der Waals surface area contributed by atoms with Crippen molar-refractivity contribution < 1.29 is 9.47 Å². The molecule has 0 unspecified atom stereocenters. The number of pyridine rings is 1. The average Bonchev–Trinajstić information content (AvgIpc) is 2.96. The summed E-state index contributed by atoms with van der Waals surface area (Å²) in [5.74, 6) is 0.803. The molecule has 27 heavy (non-hydrogen) atoms. The van der Waals surface area contributed by atoms with Gasteiger partial charge in [-0.1, -0.05) is 25.4 Å². The lowest BCUT2D eigenvalue weighted by Gasteiger charge is -2.14. The van der Waals surface area contributed by atoms with Gasteiger partial charge in [0.15, 0.2) is 10.8 Å². The van der Waals surface area contributed by atoms with Gasteiger partial charge in [0.1, 0.15) is 11.2 Å². The molecule has 0 radical (unpaired) electrons. The number of rotatable bonds is 6. The van der Waals surface area contributed by atoms with Crippen LogP contribution in [0.5, 0.6) is 5.88 Å². The van der Waals surface area contributed by atoms with Crippen LogP contribution in [0.15, 0.2) is 18.3 Å². The molecule has 0 aliphatic heterocycles. The van der Waals surface area contributed by atoms with E-state index in [2.05, 4.69) is 30.7 Å². The van der Waals surface area contributed by atoms with Gasteiger partial charge in [-0.05, 0) is 37.5 Å². The highest BCUT2D eigenvalue weighted by molar-refractivity contribution is 6.32. The number of hydrogen-bond donors (Lipinski definition) is 0. The Labute approximate surface area is 164 Å². The SMILES string of the molecule is COC[C@H](C)n1cc(C)c2nc(-c3ccc(C(C)C)nc3OC)c(Cl)nc21. The number of ether oxygens (including phenoxy) is 2. The molecule has 0 fully saturated rings. The van der Waals surface area contributed by atoms with Crippen LogP contribution in [0.1, 0.15) is 44.0 Å². The van der Waals surface area contributed by atoms with E-state index >= 15 is 0 Å². The van der Waals surface area contributed by atoms with Gasteiger partial charge in [-0.15, -0.1) is 0 Å². The Balaban J connectivity index is 2.17. The minimum atomic E-state index is 0.129. The number of fused-ring (bicyclic) bond motifs is 1. The molecule has 0 spiro atoms. The average molecular weight is 389 g/mol. The quantitative estimate of drug-likeness (QED) is 0.607. The van der Waals surface area contributed by atoms with Crippen LogP contribution < -0.4 is 4.74 Å². The van der Waals surface area contributed by atoms with Crippen molar-refractivity contribution in [2.75, 3.05) is 20.8 Å². The van der Waals surface area contributed by atoms with Crippen molar-refractivity contribution in [1.29, 1.82) is 0 Å². The Hall–Kier alpha value is -2.18. The molecule has 144 valence electrons. The molecule has 3 heterocycles. The van der Waals surface area contributed by atoms with Crippen molar-refractivity contribution in [3.63, 3.8) is 0 Å². The maximum absolute atomic E-state index is 6.53. The van der Waals surface area contributed by atoms with Gasteiger partial charge < -0.3 is 14.0 Å². The summed E-state index contributed by atoms with van der Waals surface area (Å²) in [7, 11) is 3.29. The van der Waals surface area contributed by atoms with Crippen LogP contribution in [0.3, 0.4) is 0 Å². The summed E-state index contributed by atoms with van der Waals surface area (Å²) in [4.78, 5) is 14.0. The van der Waals surface area contributed by atoms with Gasteiger partial charge in [-0.2, -0.15) is 0 Å². The van der Waals surface area contributed by atoms with Crippen molar-refractivity contribution in [2.24, 2.45) is 0 Å².